The molecule has 12 nitrogen and oxygen atoms in total. The summed E-state index contributed by atoms with van der Waals surface area (Å²) in [6.07, 6.45) is 10.6. The number of primary sulfonamides is 1. The van der Waals surface area contributed by atoms with Gasteiger partial charge in [0.05, 0.1) is 23.5 Å². The van der Waals surface area contributed by atoms with Crippen LogP contribution in [0.1, 0.15) is 130 Å². The lowest BCUT2D eigenvalue weighted by Crippen LogP contribution is -2.55. The zero-order chi connectivity index (χ0) is 35.3. The number of nitrogens with one attached hydrogen (secondary N) is 2. The zero-order valence-electron chi connectivity index (χ0n) is 29.8. The fourth-order valence-electron chi connectivity index (χ4n) is 7.94. The van der Waals surface area contributed by atoms with Crippen LogP contribution in [0.4, 0.5) is 0 Å². The van der Waals surface area contributed by atoms with Crippen LogP contribution < -0.4 is 15.9 Å². The van der Waals surface area contributed by atoms with Crippen LogP contribution >= 0.6 is 0 Å². The van der Waals surface area contributed by atoms with Gasteiger partial charge in [0.1, 0.15) is 0 Å². The molecule has 3 aliphatic carbocycles. The molecule has 5 unspecified atom stereocenters. The Kier molecular flexibility index (Phi) is 17.1. The molecule has 278 valence electrons. The maximum Gasteiger partial charge on any atom is 0.237 e. The Morgan fingerprint density at radius 2 is 1.44 bits per heavy atom. The van der Waals surface area contributed by atoms with Crippen molar-refractivity contribution in [2.24, 2.45) is 28.8 Å². The molecule has 0 aromatic rings. The first-order chi connectivity index (χ1) is 22.9. The second-order valence-corrected chi connectivity index (χ2v) is 16.7. The highest BCUT2D eigenvalue weighted by atomic mass is 32.2. The highest BCUT2D eigenvalue weighted by Crippen LogP contribution is 2.35. The Morgan fingerprint density at radius 1 is 0.812 bits per heavy atom. The van der Waals surface area contributed by atoms with Gasteiger partial charge in [0.25, 0.3) is 0 Å². The molecule has 5 atom stereocenters. The van der Waals surface area contributed by atoms with Gasteiger partial charge in [0.2, 0.25) is 27.7 Å². The topological polar surface area (TPSA) is 182 Å². The smallest absolute Gasteiger partial charge is 0.237 e. The zero-order valence-corrected chi connectivity index (χ0v) is 30.6. The molecular weight excluding hydrogens is 634 g/mol. The van der Waals surface area contributed by atoms with Crippen LogP contribution in [-0.2, 0) is 24.4 Å². The van der Waals surface area contributed by atoms with E-state index in [1.54, 1.807) is 9.91 Å². The summed E-state index contributed by atoms with van der Waals surface area (Å²) in [7, 11) is -4.00. The molecule has 0 bridgehead atoms. The number of unbranched alkanes of at least 4 members (excludes halogenated alkanes) is 1. The Morgan fingerprint density at radius 3 is 2.02 bits per heavy atom. The van der Waals surface area contributed by atoms with E-state index in [4.69, 9.17) is 5.14 Å². The number of carbonyl (C=O) groups excluding carboxylic acids is 3. The van der Waals surface area contributed by atoms with Gasteiger partial charge in [-0.1, -0.05) is 46.5 Å². The van der Waals surface area contributed by atoms with Gasteiger partial charge in [-0.05, 0) is 89.4 Å². The van der Waals surface area contributed by atoms with Crippen LogP contribution in [0.15, 0.2) is 0 Å². The SMILES string of the molecule is CCCCN(CC(O)C(CC1CCC(O)CC1)NC(=O)C1CC(C(=O)N(CCC)CCC)CC(S(N)(=O)=O)C1)NC(=O)C1CCCCC1. The minimum atomic E-state index is -4.00. The van der Waals surface area contributed by atoms with Gasteiger partial charge in [-0.3, -0.25) is 19.8 Å². The van der Waals surface area contributed by atoms with Crippen molar-refractivity contribution in [1.29, 1.82) is 0 Å². The summed E-state index contributed by atoms with van der Waals surface area (Å²) in [6.45, 7) is 7.88. The summed E-state index contributed by atoms with van der Waals surface area (Å²) in [4.78, 5) is 42.5. The Hall–Kier alpha value is -1.80. The van der Waals surface area contributed by atoms with Gasteiger partial charge in [-0.2, -0.15) is 0 Å². The van der Waals surface area contributed by atoms with E-state index in [2.05, 4.69) is 17.7 Å². The fourth-order valence-corrected chi connectivity index (χ4v) is 8.94. The van der Waals surface area contributed by atoms with Crippen molar-refractivity contribution in [3.05, 3.63) is 0 Å². The van der Waals surface area contributed by atoms with Gasteiger partial charge in [0, 0.05) is 43.9 Å². The molecule has 0 aromatic carbocycles. The van der Waals surface area contributed by atoms with Crippen LogP contribution in [0.5, 0.6) is 0 Å². The number of hydrogen-bond donors (Lipinski definition) is 5. The predicted octanol–water partition coefficient (Wildman–Crippen LogP) is 3.21. The second kappa shape index (κ2) is 20.1. The predicted molar refractivity (Wildman–Crippen MR) is 187 cm³/mol. The van der Waals surface area contributed by atoms with Crippen LogP contribution in [0.25, 0.3) is 0 Å². The first kappa shape index (κ1) is 40.6. The molecule has 0 spiro atoms. The van der Waals surface area contributed by atoms with E-state index in [9.17, 15) is 33.0 Å². The summed E-state index contributed by atoms with van der Waals surface area (Å²) >= 11 is 0. The minimum Gasteiger partial charge on any atom is -0.393 e. The molecule has 3 amide bonds. The summed E-state index contributed by atoms with van der Waals surface area (Å²) < 4.78 is 25.2. The number of hydrazine groups is 1. The normalized spacial score (nSPS) is 26.9. The van der Waals surface area contributed by atoms with Gasteiger partial charge in [0.15, 0.2) is 0 Å². The quantitative estimate of drug-likeness (QED) is 0.135. The largest absolute Gasteiger partial charge is 0.393 e. The third-order valence-corrected chi connectivity index (χ3v) is 12.1. The van der Waals surface area contributed by atoms with Gasteiger partial charge >= 0.3 is 0 Å². The summed E-state index contributed by atoms with van der Waals surface area (Å²) in [6, 6.07) is -0.658. The molecule has 6 N–H and O–H groups in total. The lowest BCUT2D eigenvalue weighted by molar-refractivity contribution is -0.139. The molecule has 0 aromatic heterocycles. The van der Waals surface area contributed by atoms with Crippen molar-refractivity contribution < 1.29 is 33.0 Å². The van der Waals surface area contributed by atoms with E-state index in [-0.39, 0.29) is 61.5 Å². The molecule has 3 fully saturated rings. The van der Waals surface area contributed by atoms with Gasteiger partial charge < -0.3 is 20.4 Å². The van der Waals surface area contributed by atoms with Crippen molar-refractivity contribution in [3.8, 4) is 0 Å². The third kappa shape index (κ3) is 12.8. The molecule has 48 heavy (non-hydrogen) atoms. The van der Waals surface area contributed by atoms with E-state index < -0.39 is 39.3 Å². The number of hydrogen-bond acceptors (Lipinski definition) is 8. The molecule has 3 rings (SSSR count). The fraction of sp³-hybridized carbons (Fsp3) is 0.914. The number of rotatable bonds is 18. The summed E-state index contributed by atoms with van der Waals surface area (Å²) in [5.41, 5.74) is 3.07. The number of sulfonamides is 1. The maximum absolute atomic E-state index is 14.0. The first-order valence-corrected chi connectivity index (χ1v) is 20.5. The molecule has 0 heterocycles. The van der Waals surface area contributed by atoms with E-state index in [1.807, 2.05) is 13.8 Å². The first-order valence-electron chi connectivity index (χ1n) is 18.9. The molecule has 13 heteroatoms. The molecular formula is C35H65N5O7S. The van der Waals surface area contributed by atoms with Crippen molar-refractivity contribution >= 4 is 27.7 Å². The van der Waals surface area contributed by atoms with Crippen molar-refractivity contribution in [2.75, 3.05) is 26.2 Å². The minimum absolute atomic E-state index is 0.0213. The number of amides is 3. The highest BCUT2D eigenvalue weighted by molar-refractivity contribution is 7.89. The maximum atomic E-state index is 14.0. The van der Waals surface area contributed by atoms with E-state index in [1.165, 1.54) is 0 Å². The number of carbonyl (C=O) groups is 3. The molecule has 3 saturated carbocycles. The number of aliphatic hydroxyl groups is 2. The highest BCUT2D eigenvalue weighted by Gasteiger charge is 2.42. The van der Waals surface area contributed by atoms with Gasteiger partial charge in [-0.15, -0.1) is 0 Å². The lowest BCUT2D eigenvalue weighted by Gasteiger charge is -2.37. The Balaban J connectivity index is 1.79. The van der Waals surface area contributed by atoms with Crippen molar-refractivity contribution in [1.82, 2.24) is 20.7 Å². The average molecular weight is 700 g/mol. The Bertz CT molecular complexity index is 1100. The van der Waals surface area contributed by atoms with E-state index in [0.717, 1.165) is 70.6 Å². The molecule has 0 aliphatic heterocycles. The van der Waals surface area contributed by atoms with Crippen LogP contribution in [0.3, 0.4) is 0 Å². The number of nitrogens with two attached hydrogens (primary N) is 1. The van der Waals surface area contributed by atoms with Crippen molar-refractivity contribution in [2.45, 2.75) is 153 Å². The third-order valence-electron chi connectivity index (χ3n) is 10.8. The van der Waals surface area contributed by atoms with Crippen LogP contribution in [0, 0.1) is 23.7 Å². The van der Waals surface area contributed by atoms with Crippen LogP contribution in [0.2, 0.25) is 0 Å². The summed E-state index contributed by atoms with van der Waals surface area (Å²) in [5, 5.41) is 31.3. The Labute approximate surface area is 289 Å². The standard InChI is InChI=1S/C35H65N5O7S/c1-4-7-19-40(38-34(44)26-11-9-8-10-12-26)24-32(42)31(20-25-13-15-29(41)16-14-25)37-33(43)27-21-28(23-30(22-27)48(36,46)47)35(45)39(17-5-2)18-6-3/h25-32,41-42H,4-24H2,1-3H3,(H,37,43)(H,38,44)(H2,36,46,47). The lowest BCUT2D eigenvalue weighted by atomic mass is 9.79. The van der Waals surface area contributed by atoms with E-state index in [0.29, 0.717) is 38.9 Å². The van der Waals surface area contributed by atoms with Gasteiger partial charge in [-0.25, -0.2) is 18.6 Å². The average Bonchev–Trinajstić information content (AvgIpc) is 3.07. The summed E-state index contributed by atoms with van der Waals surface area (Å²) in [5.74, 6) is -1.79. The second-order valence-electron chi connectivity index (χ2n) is 14.8. The van der Waals surface area contributed by atoms with Crippen LogP contribution in [-0.4, -0.2) is 95.9 Å². The number of aliphatic hydroxyl groups excluding tert-OH is 2. The monoisotopic (exact) mass is 699 g/mol. The molecule has 0 radical (unpaired) electrons. The molecule has 0 saturated heterocycles. The number of nitrogens with zero attached hydrogens (tertiary/aromatic N) is 2. The molecule has 3 aliphatic rings. The van der Waals surface area contributed by atoms with E-state index >= 15 is 0 Å². The van der Waals surface area contributed by atoms with Crippen molar-refractivity contribution in [3.63, 3.8) is 0 Å².